The predicted molar refractivity (Wildman–Crippen MR) is 126 cm³/mol. The van der Waals surface area contributed by atoms with E-state index < -0.39 is 0 Å². The second-order valence-electron chi connectivity index (χ2n) is 8.35. The van der Waals surface area contributed by atoms with E-state index in [0.29, 0.717) is 0 Å². The highest BCUT2D eigenvalue weighted by atomic mass is 16.2. The molecule has 2 aromatic heterocycles. The molecule has 3 heterocycles. The van der Waals surface area contributed by atoms with E-state index in [1.807, 2.05) is 29.6 Å². The molecule has 1 aliphatic heterocycles. The third kappa shape index (κ3) is 5.37. The van der Waals surface area contributed by atoms with Gasteiger partial charge in [-0.3, -0.25) is 14.7 Å². The topological polar surface area (TPSA) is 62.2 Å². The summed E-state index contributed by atoms with van der Waals surface area (Å²) in [5, 5.41) is 0. The van der Waals surface area contributed by atoms with Crippen LogP contribution in [0.3, 0.4) is 0 Å². The third-order valence-corrected chi connectivity index (χ3v) is 6.12. The number of carbonyl (C=O) groups is 1. The Morgan fingerprint density at radius 3 is 2.38 bits per heavy atom. The Labute approximate surface area is 190 Å². The summed E-state index contributed by atoms with van der Waals surface area (Å²) in [6.07, 6.45) is 9.07. The van der Waals surface area contributed by atoms with Crippen molar-refractivity contribution in [3.63, 3.8) is 0 Å². The minimum absolute atomic E-state index is 0.0578. The molecule has 166 valence electrons. The first-order chi connectivity index (χ1) is 15.7. The zero-order valence-electron chi connectivity index (χ0n) is 18.9. The van der Waals surface area contributed by atoms with Gasteiger partial charge in [0, 0.05) is 69.5 Å². The second kappa shape index (κ2) is 10.5. The summed E-state index contributed by atoms with van der Waals surface area (Å²) in [5.74, 6) is 1.06. The van der Waals surface area contributed by atoms with Gasteiger partial charge in [-0.1, -0.05) is 37.3 Å². The number of likely N-dealkylation sites (N-methyl/N-ethyl adjacent to an activating group) is 1. The maximum Gasteiger partial charge on any atom is 0.227 e. The van der Waals surface area contributed by atoms with Crippen LogP contribution in [0.2, 0.25) is 0 Å². The number of nitrogens with zero attached hydrogens (tertiary/aromatic N) is 5. The van der Waals surface area contributed by atoms with Crippen LogP contribution in [0.25, 0.3) is 11.1 Å². The van der Waals surface area contributed by atoms with E-state index in [1.54, 1.807) is 6.20 Å². The van der Waals surface area contributed by atoms with E-state index >= 15 is 0 Å². The van der Waals surface area contributed by atoms with Crippen molar-refractivity contribution < 1.29 is 4.79 Å². The first kappa shape index (κ1) is 22.1. The summed E-state index contributed by atoms with van der Waals surface area (Å²) < 4.78 is 0. The van der Waals surface area contributed by atoms with E-state index in [1.165, 1.54) is 5.56 Å². The molecule has 4 rings (SSSR count). The van der Waals surface area contributed by atoms with Crippen LogP contribution in [0.4, 0.5) is 0 Å². The smallest absolute Gasteiger partial charge is 0.227 e. The molecule has 1 atom stereocenters. The standard InChI is InChI=1S/C26H31N5O/c1-3-25-28-15-21(16-29-25)18-30-12-13-31(4-2)26(32)24(19-30)14-20-7-9-22(10-8-20)23-6-5-11-27-17-23/h5-11,15-17,24H,3-4,12-14,18-19H2,1-2H3. The average Bonchev–Trinajstić information content (AvgIpc) is 2.99. The van der Waals surface area contributed by atoms with Gasteiger partial charge in [-0.2, -0.15) is 0 Å². The van der Waals surface area contributed by atoms with E-state index in [9.17, 15) is 4.79 Å². The highest BCUT2D eigenvalue weighted by molar-refractivity contribution is 5.79. The Balaban J connectivity index is 1.47. The van der Waals surface area contributed by atoms with Crippen molar-refractivity contribution >= 4 is 5.91 Å². The lowest BCUT2D eigenvalue weighted by Gasteiger charge is -2.23. The van der Waals surface area contributed by atoms with Crippen molar-refractivity contribution in [2.45, 2.75) is 33.2 Å². The summed E-state index contributed by atoms with van der Waals surface area (Å²) in [4.78, 5) is 30.6. The molecule has 0 N–H and O–H groups in total. The third-order valence-electron chi connectivity index (χ3n) is 6.12. The second-order valence-corrected chi connectivity index (χ2v) is 8.35. The van der Waals surface area contributed by atoms with Gasteiger partial charge in [0.2, 0.25) is 5.91 Å². The largest absolute Gasteiger partial charge is 0.341 e. The number of amides is 1. The van der Waals surface area contributed by atoms with Crippen LogP contribution in [0, 0.1) is 5.92 Å². The first-order valence-electron chi connectivity index (χ1n) is 11.5. The number of carbonyl (C=O) groups excluding carboxylic acids is 1. The Morgan fingerprint density at radius 1 is 0.938 bits per heavy atom. The summed E-state index contributed by atoms with van der Waals surface area (Å²) in [7, 11) is 0. The van der Waals surface area contributed by atoms with Gasteiger partial charge in [-0.05, 0) is 36.1 Å². The molecule has 32 heavy (non-hydrogen) atoms. The van der Waals surface area contributed by atoms with Gasteiger partial charge < -0.3 is 4.90 Å². The van der Waals surface area contributed by atoms with Gasteiger partial charge in [0.25, 0.3) is 0 Å². The average molecular weight is 430 g/mol. The number of rotatable bonds is 7. The number of benzene rings is 1. The van der Waals surface area contributed by atoms with Gasteiger partial charge in [0.15, 0.2) is 0 Å². The maximum atomic E-state index is 13.2. The number of aryl methyl sites for hydroxylation is 1. The van der Waals surface area contributed by atoms with Gasteiger partial charge in [0.1, 0.15) is 5.82 Å². The van der Waals surface area contributed by atoms with Gasteiger partial charge in [0.05, 0.1) is 5.92 Å². The highest BCUT2D eigenvalue weighted by Crippen LogP contribution is 2.22. The SMILES string of the molecule is CCc1ncc(CN2CCN(CC)C(=O)C(Cc3ccc(-c4cccnc4)cc3)C2)cn1. The minimum atomic E-state index is -0.0578. The molecular weight excluding hydrogens is 398 g/mol. The van der Waals surface area contributed by atoms with E-state index in [2.05, 4.69) is 64.0 Å². The Bertz CT molecular complexity index is 1000. The molecule has 0 aliphatic carbocycles. The molecule has 1 saturated heterocycles. The molecule has 0 spiro atoms. The normalized spacial score (nSPS) is 17.4. The van der Waals surface area contributed by atoms with Crippen LogP contribution in [-0.4, -0.2) is 56.8 Å². The first-order valence-corrected chi connectivity index (χ1v) is 11.5. The summed E-state index contributed by atoms with van der Waals surface area (Å²) in [6.45, 7) is 8.01. The van der Waals surface area contributed by atoms with E-state index in [4.69, 9.17) is 0 Å². The lowest BCUT2D eigenvalue weighted by molar-refractivity contribution is -0.134. The quantitative estimate of drug-likeness (QED) is 0.574. The van der Waals surface area contributed by atoms with Crippen LogP contribution < -0.4 is 0 Å². The molecule has 1 fully saturated rings. The van der Waals surface area contributed by atoms with Gasteiger partial charge in [-0.25, -0.2) is 9.97 Å². The Morgan fingerprint density at radius 2 is 1.72 bits per heavy atom. The lowest BCUT2D eigenvalue weighted by atomic mass is 9.96. The highest BCUT2D eigenvalue weighted by Gasteiger charge is 2.29. The van der Waals surface area contributed by atoms with Crippen molar-refractivity contribution in [1.29, 1.82) is 0 Å². The number of hydrogen-bond acceptors (Lipinski definition) is 5. The molecule has 6 heteroatoms. The summed E-state index contributed by atoms with van der Waals surface area (Å²) in [5.41, 5.74) is 4.52. The van der Waals surface area contributed by atoms with E-state index in [-0.39, 0.29) is 11.8 Å². The van der Waals surface area contributed by atoms with Crippen molar-refractivity contribution in [2.24, 2.45) is 5.92 Å². The summed E-state index contributed by atoms with van der Waals surface area (Å²) >= 11 is 0. The minimum Gasteiger partial charge on any atom is -0.341 e. The molecule has 1 amide bonds. The molecular formula is C26H31N5O. The fourth-order valence-electron chi connectivity index (χ4n) is 4.28. The van der Waals surface area contributed by atoms with Crippen molar-refractivity contribution in [3.8, 4) is 11.1 Å². The molecule has 0 saturated carbocycles. The molecule has 1 aromatic carbocycles. The number of aromatic nitrogens is 3. The van der Waals surface area contributed by atoms with Crippen molar-refractivity contribution in [3.05, 3.63) is 78.1 Å². The van der Waals surface area contributed by atoms with Crippen LogP contribution in [0.1, 0.15) is 30.8 Å². The van der Waals surface area contributed by atoms with Crippen LogP contribution in [0.15, 0.2) is 61.2 Å². The Hall–Kier alpha value is -3.12. The van der Waals surface area contributed by atoms with E-state index in [0.717, 1.165) is 68.1 Å². The van der Waals surface area contributed by atoms with Crippen LogP contribution in [-0.2, 0) is 24.2 Å². The van der Waals surface area contributed by atoms with Crippen LogP contribution in [0.5, 0.6) is 0 Å². The molecule has 3 aromatic rings. The number of pyridine rings is 1. The maximum absolute atomic E-state index is 13.2. The zero-order chi connectivity index (χ0) is 22.3. The van der Waals surface area contributed by atoms with Crippen molar-refractivity contribution in [2.75, 3.05) is 26.2 Å². The summed E-state index contributed by atoms with van der Waals surface area (Å²) in [6, 6.07) is 12.5. The molecule has 0 bridgehead atoms. The van der Waals surface area contributed by atoms with Gasteiger partial charge in [-0.15, -0.1) is 0 Å². The molecule has 1 aliphatic rings. The Kier molecular flexibility index (Phi) is 7.22. The number of hydrogen-bond donors (Lipinski definition) is 0. The molecule has 1 unspecified atom stereocenters. The van der Waals surface area contributed by atoms with Crippen molar-refractivity contribution in [1.82, 2.24) is 24.8 Å². The monoisotopic (exact) mass is 429 g/mol. The molecule has 0 radical (unpaired) electrons. The molecule has 6 nitrogen and oxygen atoms in total. The predicted octanol–water partition coefficient (Wildman–Crippen LogP) is 3.62. The lowest BCUT2D eigenvalue weighted by Crippen LogP contribution is -2.37. The van der Waals surface area contributed by atoms with Gasteiger partial charge >= 0.3 is 0 Å². The fourth-order valence-corrected chi connectivity index (χ4v) is 4.28. The zero-order valence-corrected chi connectivity index (χ0v) is 18.9. The fraction of sp³-hybridized carbons (Fsp3) is 0.385. The van der Waals surface area contributed by atoms with Crippen LogP contribution >= 0.6 is 0 Å².